The van der Waals surface area contributed by atoms with Gasteiger partial charge in [-0.1, -0.05) is 48.0 Å². The van der Waals surface area contributed by atoms with Crippen molar-refractivity contribution in [3.63, 3.8) is 0 Å². The van der Waals surface area contributed by atoms with Crippen LogP contribution in [0.1, 0.15) is 21.5 Å². The van der Waals surface area contributed by atoms with E-state index < -0.39 is 0 Å². The second-order valence-electron chi connectivity index (χ2n) is 4.31. The van der Waals surface area contributed by atoms with Gasteiger partial charge in [-0.25, -0.2) is 0 Å². The van der Waals surface area contributed by atoms with Gasteiger partial charge in [-0.05, 0) is 23.6 Å². The minimum Gasteiger partial charge on any atom is -0.294 e. The van der Waals surface area contributed by atoms with Crippen LogP contribution in [-0.4, -0.2) is 5.78 Å². The highest BCUT2D eigenvalue weighted by Crippen LogP contribution is 2.33. The van der Waals surface area contributed by atoms with Crippen LogP contribution in [0.25, 0.3) is 11.1 Å². The molecule has 0 saturated carbocycles. The molecule has 0 spiro atoms. The zero-order valence-electron chi connectivity index (χ0n) is 9.16. The van der Waals surface area contributed by atoms with Crippen molar-refractivity contribution in [2.75, 3.05) is 0 Å². The molecule has 3 rings (SSSR count). The summed E-state index contributed by atoms with van der Waals surface area (Å²) in [5, 5.41) is 0. The number of aryl methyl sites for hydroxylation is 1. The number of Topliss-reactive ketones (excluding diaryl/α,β-unsaturated/α-hetero) is 1. The van der Waals surface area contributed by atoms with Crippen molar-refractivity contribution in [1.82, 2.24) is 0 Å². The Morgan fingerprint density at radius 2 is 1.69 bits per heavy atom. The van der Waals surface area contributed by atoms with Gasteiger partial charge < -0.3 is 0 Å². The Morgan fingerprint density at radius 1 is 0.938 bits per heavy atom. The van der Waals surface area contributed by atoms with Crippen LogP contribution in [0.2, 0.25) is 0 Å². The Bertz CT molecular complexity index is 582. The first-order valence-corrected chi connectivity index (χ1v) is 5.48. The van der Waals surface area contributed by atoms with Crippen molar-refractivity contribution in [2.45, 2.75) is 13.3 Å². The van der Waals surface area contributed by atoms with Crippen molar-refractivity contribution in [3.8, 4) is 11.1 Å². The predicted octanol–water partition coefficient (Wildman–Crippen LogP) is 3.40. The smallest absolute Gasteiger partial charge is 0.167 e. The number of hydrogen-bond donors (Lipinski definition) is 0. The van der Waals surface area contributed by atoms with E-state index in [-0.39, 0.29) is 5.78 Å². The van der Waals surface area contributed by atoms with Gasteiger partial charge in [0.05, 0.1) is 0 Å². The number of ketones is 1. The Labute approximate surface area is 94.7 Å². The fraction of sp³-hybridized carbons (Fsp3) is 0.133. The van der Waals surface area contributed by atoms with Gasteiger partial charge in [-0.15, -0.1) is 0 Å². The maximum atomic E-state index is 12.0. The van der Waals surface area contributed by atoms with E-state index in [4.69, 9.17) is 0 Å². The van der Waals surface area contributed by atoms with Crippen molar-refractivity contribution in [3.05, 3.63) is 59.2 Å². The second kappa shape index (κ2) is 3.31. The average molecular weight is 208 g/mol. The topological polar surface area (TPSA) is 17.1 Å². The molecule has 0 radical (unpaired) electrons. The fourth-order valence-corrected chi connectivity index (χ4v) is 2.36. The van der Waals surface area contributed by atoms with Gasteiger partial charge in [0.1, 0.15) is 0 Å². The summed E-state index contributed by atoms with van der Waals surface area (Å²) in [6.07, 6.45) is 0.536. The molecular formula is C15H12O. The molecule has 1 aliphatic carbocycles. The van der Waals surface area contributed by atoms with Gasteiger partial charge in [-0.2, -0.15) is 0 Å². The van der Waals surface area contributed by atoms with E-state index in [1.807, 2.05) is 24.3 Å². The third kappa shape index (κ3) is 1.28. The monoisotopic (exact) mass is 208 g/mol. The molecule has 1 heteroatoms. The number of rotatable bonds is 0. The summed E-state index contributed by atoms with van der Waals surface area (Å²) in [4.78, 5) is 12.0. The molecule has 0 bridgehead atoms. The summed E-state index contributed by atoms with van der Waals surface area (Å²) in [5.74, 6) is 0.230. The van der Waals surface area contributed by atoms with Crippen LogP contribution in [0.5, 0.6) is 0 Å². The van der Waals surface area contributed by atoms with E-state index >= 15 is 0 Å². The molecule has 0 N–H and O–H groups in total. The lowest BCUT2D eigenvalue weighted by Crippen LogP contribution is -2.12. The molecule has 0 heterocycles. The Kier molecular flexibility index (Phi) is 1.93. The highest BCUT2D eigenvalue weighted by molar-refractivity contribution is 6.07. The van der Waals surface area contributed by atoms with Crippen LogP contribution in [0.15, 0.2) is 42.5 Å². The molecule has 78 valence electrons. The normalized spacial score (nSPS) is 13.2. The second-order valence-corrected chi connectivity index (χ2v) is 4.31. The first kappa shape index (κ1) is 9.34. The van der Waals surface area contributed by atoms with Gasteiger partial charge in [0, 0.05) is 12.0 Å². The minimum atomic E-state index is 0.230. The van der Waals surface area contributed by atoms with Crippen molar-refractivity contribution >= 4 is 5.78 Å². The van der Waals surface area contributed by atoms with Crippen LogP contribution in [0.3, 0.4) is 0 Å². The minimum absolute atomic E-state index is 0.230. The third-order valence-electron chi connectivity index (χ3n) is 3.13. The van der Waals surface area contributed by atoms with Gasteiger partial charge in [0.25, 0.3) is 0 Å². The lowest BCUT2D eigenvalue weighted by molar-refractivity contribution is 0.0992. The Morgan fingerprint density at radius 3 is 2.50 bits per heavy atom. The SMILES string of the molecule is Cc1ccc2c(c1)CC(=O)c1ccccc1-2. The lowest BCUT2D eigenvalue weighted by Gasteiger charge is -2.18. The number of hydrogen-bond acceptors (Lipinski definition) is 1. The Hall–Kier alpha value is -1.89. The molecule has 2 aromatic carbocycles. The maximum absolute atomic E-state index is 12.0. The molecule has 0 saturated heterocycles. The van der Waals surface area contributed by atoms with Crippen LogP contribution >= 0.6 is 0 Å². The van der Waals surface area contributed by atoms with Crippen LogP contribution < -0.4 is 0 Å². The molecule has 0 atom stereocenters. The van der Waals surface area contributed by atoms with E-state index in [0.29, 0.717) is 6.42 Å². The van der Waals surface area contributed by atoms with E-state index in [1.54, 1.807) is 0 Å². The van der Waals surface area contributed by atoms with Crippen molar-refractivity contribution in [2.24, 2.45) is 0 Å². The summed E-state index contributed by atoms with van der Waals surface area (Å²) in [7, 11) is 0. The molecular weight excluding hydrogens is 196 g/mol. The van der Waals surface area contributed by atoms with E-state index in [9.17, 15) is 4.79 Å². The standard InChI is InChI=1S/C15H12O/c1-10-6-7-12-11(8-10)9-15(16)14-5-3-2-4-13(12)14/h2-8H,9H2,1H3. The van der Waals surface area contributed by atoms with E-state index in [1.165, 1.54) is 11.1 Å². The lowest BCUT2D eigenvalue weighted by atomic mass is 9.84. The fourth-order valence-electron chi connectivity index (χ4n) is 2.36. The number of carbonyl (C=O) groups is 1. The number of carbonyl (C=O) groups excluding carboxylic acids is 1. The van der Waals surface area contributed by atoms with Crippen molar-refractivity contribution < 1.29 is 4.79 Å². The van der Waals surface area contributed by atoms with Gasteiger partial charge >= 0.3 is 0 Å². The first-order valence-electron chi connectivity index (χ1n) is 5.48. The summed E-state index contributed by atoms with van der Waals surface area (Å²) < 4.78 is 0. The maximum Gasteiger partial charge on any atom is 0.167 e. The average Bonchev–Trinajstić information content (AvgIpc) is 2.29. The summed E-state index contributed by atoms with van der Waals surface area (Å²) in [5.41, 5.74) is 5.52. The number of fused-ring (bicyclic) bond motifs is 3. The van der Waals surface area contributed by atoms with E-state index in [0.717, 1.165) is 16.7 Å². The zero-order valence-corrected chi connectivity index (χ0v) is 9.16. The van der Waals surface area contributed by atoms with E-state index in [2.05, 4.69) is 25.1 Å². The molecule has 0 unspecified atom stereocenters. The van der Waals surface area contributed by atoms with Crippen LogP contribution in [0.4, 0.5) is 0 Å². The van der Waals surface area contributed by atoms with Crippen LogP contribution in [0, 0.1) is 6.92 Å². The molecule has 16 heavy (non-hydrogen) atoms. The zero-order chi connectivity index (χ0) is 11.1. The molecule has 0 aromatic heterocycles. The quantitative estimate of drug-likeness (QED) is 0.648. The van der Waals surface area contributed by atoms with Crippen LogP contribution in [-0.2, 0) is 6.42 Å². The molecule has 0 fully saturated rings. The summed E-state index contributed by atoms with van der Waals surface area (Å²) in [6.45, 7) is 2.06. The Balaban J connectivity index is 2.32. The van der Waals surface area contributed by atoms with Gasteiger partial charge in [0.2, 0.25) is 0 Å². The largest absolute Gasteiger partial charge is 0.294 e. The van der Waals surface area contributed by atoms with Gasteiger partial charge in [-0.3, -0.25) is 4.79 Å². The third-order valence-corrected chi connectivity index (χ3v) is 3.13. The highest BCUT2D eigenvalue weighted by atomic mass is 16.1. The van der Waals surface area contributed by atoms with Gasteiger partial charge in [0.15, 0.2) is 5.78 Å². The first-order chi connectivity index (χ1) is 7.75. The predicted molar refractivity (Wildman–Crippen MR) is 64.6 cm³/mol. The molecule has 1 aliphatic rings. The molecule has 0 amide bonds. The number of benzene rings is 2. The molecule has 2 aromatic rings. The highest BCUT2D eigenvalue weighted by Gasteiger charge is 2.21. The summed E-state index contributed by atoms with van der Waals surface area (Å²) >= 11 is 0. The molecule has 1 nitrogen and oxygen atoms in total. The molecule has 0 aliphatic heterocycles. The van der Waals surface area contributed by atoms with Crippen molar-refractivity contribution in [1.29, 1.82) is 0 Å². The summed E-state index contributed by atoms with van der Waals surface area (Å²) in [6, 6.07) is 14.2.